The van der Waals surface area contributed by atoms with E-state index in [4.69, 9.17) is 0 Å². The van der Waals surface area contributed by atoms with E-state index < -0.39 is 0 Å². The zero-order chi connectivity index (χ0) is 17.4. The SMILES string of the molecule is CC(C)C(=O)N1CC(C(C)C)(C(C)C)C(C(C)C)C1C(C)C. The Morgan fingerprint density at radius 2 is 1.32 bits per heavy atom. The minimum atomic E-state index is 0.0872. The molecular weight excluding hydrogens is 270 g/mol. The minimum absolute atomic E-state index is 0.0872. The molecule has 1 fully saturated rings. The quantitative estimate of drug-likeness (QED) is 0.693. The average Bonchev–Trinajstić information content (AvgIpc) is 2.74. The first-order valence-electron chi connectivity index (χ1n) is 9.28. The molecule has 0 saturated carbocycles. The first-order valence-corrected chi connectivity index (χ1v) is 9.28. The fourth-order valence-electron chi connectivity index (χ4n) is 5.17. The van der Waals surface area contributed by atoms with Gasteiger partial charge >= 0.3 is 0 Å². The number of amides is 1. The van der Waals surface area contributed by atoms with Crippen LogP contribution < -0.4 is 0 Å². The van der Waals surface area contributed by atoms with Crippen molar-refractivity contribution in [3.63, 3.8) is 0 Å². The summed E-state index contributed by atoms with van der Waals surface area (Å²) in [6, 6.07) is 0.375. The van der Waals surface area contributed by atoms with Gasteiger partial charge in [0.2, 0.25) is 5.91 Å². The van der Waals surface area contributed by atoms with Crippen LogP contribution in [0.4, 0.5) is 0 Å². The molecule has 1 rings (SSSR count). The maximum Gasteiger partial charge on any atom is 0.225 e. The molecule has 0 N–H and O–H groups in total. The van der Waals surface area contributed by atoms with Crippen LogP contribution in [-0.4, -0.2) is 23.4 Å². The van der Waals surface area contributed by atoms with E-state index in [1.54, 1.807) is 0 Å². The van der Waals surface area contributed by atoms with Gasteiger partial charge in [0.05, 0.1) is 0 Å². The lowest BCUT2D eigenvalue weighted by Crippen LogP contribution is -2.45. The van der Waals surface area contributed by atoms with Crippen molar-refractivity contribution in [1.82, 2.24) is 4.90 Å². The van der Waals surface area contributed by atoms with Crippen molar-refractivity contribution in [3.05, 3.63) is 0 Å². The van der Waals surface area contributed by atoms with Gasteiger partial charge in [0.1, 0.15) is 0 Å². The fourth-order valence-corrected chi connectivity index (χ4v) is 5.17. The van der Waals surface area contributed by atoms with E-state index in [2.05, 4.69) is 60.3 Å². The standard InChI is InChI=1S/C20H39NO/c1-12(2)17-18(13(3)4)21(19(22)14(5)6)11-20(17,15(7)8)16(9)10/h12-18H,11H2,1-10H3. The fraction of sp³-hybridized carbons (Fsp3) is 0.950. The second-order valence-electron chi connectivity index (χ2n) is 9.05. The van der Waals surface area contributed by atoms with Crippen molar-refractivity contribution in [2.75, 3.05) is 6.54 Å². The molecule has 22 heavy (non-hydrogen) atoms. The van der Waals surface area contributed by atoms with Crippen molar-refractivity contribution in [3.8, 4) is 0 Å². The van der Waals surface area contributed by atoms with Gasteiger partial charge in [-0.1, -0.05) is 69.2 Å². The number of rotatable bonds is 5. The highest BCUT2D eigenvalue weighted by molar-refractivity contribution is 5.79. The molecule has 1 saturated heterocycles. The Bertz CT molecular complexity index is 373. The highest BCUT2D eigenvalue weighted by atomic mass is 16.2. The minimum Gasteiger partial charge on any atom is -0.338 e. The largest absolute Gasteiger partial charge is 0.338 e. The van der Waals surface area contributed by atoms with Crippen molar-refractivity contribution < 1.29 is 4.79 Å². The van der Waals surface area contributed by atoms with Crippen LogP contribution in [0.15, 0.2) is 0 Å². The summed E-state index contributed by atoms with van der Waals surface area (Å²) < 4.78 is 0. The zero-order valence-corrected chi connectivity index (χ0v) is 16.6. The van der Waals surface area contributed by atoms with Crippen LogP contribution in [0.25, 0.3) is 0 Å². The van der Waals surface area contributed by atoms with Crippen LogP contribution >= 0.6 is 0 Å². The molecule has 0 bridgehead atoms. The van der Waals surface area contributed by atoms with Crippen LogP contribution in [0.2, 0.25) is 0 Å². The molecule has 1 aliphatic rings. The topological polar surface area (TPSA) is 20.3 Å². The van der Waals surface area contributed by atoms with Crippen molar-refractivity contribution >= 4 is 5.91 Å². The summed E-state index contributed by atoms with van der Waals surface area (Å²) in [4.78, 5) is 15.1. The first kappa shape index (κ1) is 19.5. The van der Waals surface area contributed by atoms with Crippen LogP contribution in [0.5, 0.6) is 0 Å². The Hall–Kier alpha value is -0.530. The van der Waals surface area contributed by atoms with Crippen LogP contribution in [0.3, 0.4) is 0 Å². The lowest BCUT2D eigenvalue weighted by Gasteiger charge is -2.45. The highest BCUT2D eigenvalue weighted by Gasteiger charge is 2.58. The molecule has 0 spiro atoms. The summed E-state index contributed by atoms with van der Waals surface area (Å²) in [5.41, 5.74) is 0.230. The lowest BCUT2D eigenvalue weighted by atomic mass is 9.58. The number of nitrogens with zero attached hydrogens (tertiary/aromatic N) is 1. The highest BCUT2D eigenvalue weighted by Crippen LogP contribution is 2.55. The average molecular weight is 310 g/mol. The molecule has 0 aromatic heterocycles. The summed E-state index contributed by atoms with van der Waals surface area (Å²) in [6.45, 7) is 23.7. The molecule has 2 heteroatoms. The van der Waals surface area contributed by atoms with E-state index in [0.29, 0.717) is 41.5 Å². The monoisotopic (exact) mass is 309 g/mol. The van der Waals surface area contributed by atoms with Gasteiger partial charge in [-0.05, 0) is 35.0 Å². The van der Waals surface area contributed by atoms with Gasteiger partial charge in [0.15, 0.2) is 0 Å². The smallest absolute Gasteiger partial charge is 0.225 e. The maximum atomic E-state index is 12.9. The summed E-state index contributed by atoms with van der Waals surface area (Å²) in [5.74, 6) is 3.29. The molecule has 2 unspecified atom stereocenters. The molecule has 0 aliphatic carbocycles. The Morgan fingerprint density at radius 1 is 0.864 bits per heavy atom. The molecule has 2 nitrogen and oxygen atoms in total. The van der Waals surface area contributed by atoms with Crippen molar-refractivity contribution in [2.45, 2.75) is 75.3 Å². The molecule has 0 aromatic rings. The van der Waals surface area contributed by atoms with Gasteiger partial charge in [0, 0.05) is 18.5 Å². The number of hydrogen-bond acceptors (Lipinski definition) is 1. The maximum absolute atomic E-state index is 12.9. The Morgan fingerprint density at radius 3 is 1.59 bits per heavy atom. The van der Waals surface area contributed by atoms with E-state index in [1.165, 1.54) is 0 Å². The van der Waals surface area contributed by atoms with Gasteiger partial charge in [0.25, 0.3) is 0 Å². The van der Waals surface area contributed by atoms with Crippen LogP contribution in [-0.2, 0) is 4.79 Å². The third-order valence-corrected chi connectivity index (χ3v) is 6.12. The van der Waals surface area contributed by atoms with Gasteiger partial charge in [-0.3, -0.25) is 4.79 Å². The Kier molecular flexibility index (Phi) is 6.14. The number of carbonyl (C=O) groups is 1. The number of likely N-dealkylation sites (tertiary alicyclic amines) is 1. The third kappa shape index (κ3) is 3.08. The molecule has 130 valence electrons. The van der Waals surface area contributed by atoms with E-state index in [-0.39, 0.29) is 11.3 Å². The van der Waals surface area contributed by atoms with Crippen molar-refractivity contribution in [2.24, 2.45) is 40.9 Å². The summed E-state index contributed by atoms with van der Waals surface area (Å²) in [7, 11) is 0. The molecular formula is C20H39NO. The van der Waals surface area contributed by atoms with Gasteiger partial charge in [-0.15, -0.1) is 0 Å². The predicted octanol–water partition coefficient (Wildman–Crippen LogP) is 5.08. The van der Waals surface area contributed by atoms with E-state index in [1.807, 2.05) is 13.8 Å². The molecule has 0 aromatic carbocycles. The Balaban J connectivity index is 3.44. The molecule has 1 amide bonds. The second-order valence-corrected chi connectivity index (χ2v) is 9.05. The van der Waals surface area contributed by atoms with E-state index >= 15 is 0 Å². The lowest BCUT2D eigenvalue weighted by molar-refractivity contribution is -0.136. The zero-order valence-electron chi connectivity index (χ0n) is 16.6. The predicted molar refractivity (Wildman–Crippen MR) is 95.6 cm³/mol. The summed E-state index contributed by atoms with van der Waals surface area (Å²) in [5, 5.41) is 0. The van der Waals surface area contributed by atoms with Gasteiger partial charge < -0.3 is 4.90 Å². The molecule has 1 aliphatic heterocycles. The van der Waals surface area contributed by atoms with E-state index in [0.717, 1.165) is 6.54 Å². The van der Waals surface area contributed by atoms with Gasteiger partial charge in [-0.25, -0.2) is 0 Å². The number of hydrogen-bond donors (Lipinski definition) is 0. The summed E-state index contributed by atoms with van der Waals surface area (Å²) in [6.07, 6.45) is 0. The second kappa shape index (κ2) is 6.93. The van der Waals surface area contributed by atoms with Crippen LogP contribution in [0, 0.1) is 40.9 Å². The normalized spacial score (nSPS) is 25.3. The van der Waals surface area contributed by atoms with Crippen LogP contribution in [0.1, 0.15) is 69.2 Å². The molecule has 1 heterocycles. The molecule has 2 atom stereocenters. The number of carbonyl (C=O) groups excluding carboxylic acids is 1. The first-order chi connectivity index (χ1) is 9.98. The van der Waals surface area contributed by atoms with Crippen molar-refractivity contribution in [1.29, 1.82) is 0 Å². The summed E-state index contributed by atoms with van der Waals surface area (Å²) >= 11 is 0. The van der Waals surface area contributed by atoms with E-state index in [9.17, 15) is 4.79 Å². The Labute approximate surface area is 139 Å². The third-order valence-electron chi connectivity index (χ3n) is 6.12. The van der Waals surface area contributed by atoms with Gasteiger partial charge in [-0.2, -0.15) is 0 Å². The molecule has 0 radical (unpaired) electrons.